The molecule has 1 aromatic rings. The van der Waals surface area contributed by atoms with Crippen LogP contribution in [-0.4, -0.2) is 6.04 Å². The van der Waals surface area contributed by atoms with Crippen molar-refractivity contribution in [2.75, 3.05) is 0 Å². The minimum Gasteiger partial charge on any atom is -0.307 e. The van der Waals surface area contributed by atoms with E-state index in [1.165, 1.54) is 56.1 Å². The molecule has 0 radical (unpaired) electrons. The van der Waals surface area contributed by atoms with E-state index in [4.69, 9.17) is 0 Å². The van der Waals surface area contributed by atoms with Gasteiger partial charge in [0.15, 0.2) is 0 Å². The Kier molecular flexibility index (Phi) is 6.09. The van der Waals surface area contributed by atoms with Gasteiger partial charge in [0.2, 0.25) is 0 Å². The van der Waals surface area contributed by atoms with Crippen LogP contribution in [0.15, 0.2) is 24.3 Å². The maximum atomic E-state index is 3.89. The highest BCUT2D eigenvalue weighted by Crippen LogP contribution is 2.41. The minimum absolute atomic E-state index is 0.580. The lowest BCUT2D eigenvalue weighted by Crippen LogP contribution is -2.31. The van der Waals surface area contributed by atoms with Crippen molar-refractivity contribution in [2.24, 2.45) is 5.92 Å². The molecule has 20 heavy (non-hydrogen) atoms. The second-order valence-electron chi connectivity index (χ2n) is 6.64. The molecule has 1 saturated carbocycles. The van der Waals surface area contributed by atoms with Crippen LogP contribution in [0.25, 0.3) is 0 Å². The third kappa shape index (κ3) is 4.94. The van der Waals surface area contributed by atoms with Crippen molar-refractivity contribution >= 4 is 0 Å². The van der Waals surface area contributed by atoms with Gasteiger partial charge >= 0.3 is 0 Å². The van der Waals surface area contributed by atoms with E-state index in [0.29, 0.717) is 12.1 Å². The number of rotatable bonds is 9. The van der Waals surface area contributed by atoms with Crippen molar-refractivity contribution in [3.8, 4) is 0 Å². The van der Waals surface area contributed by atoms with Crippen LogP contribution in [0.2, 0.25) is 0 Å². The first-order valence-corrected chi connectivity index (χ1v) is 8.53. The molecule has 2 atom stereocenters. The highest BCUT2D eigenvalue weighted by atomic mass is 15.0. The van der Waals surface area contributed by atoms with E-state index >= 15 is 0 Å². The van der Waals surface area contributed by atoms with Gasteiger partial charge < -0.3 is 5.32 Å². The highest BCUT2D eigenvalue weighted by molar-refractivity contribution is 5.25. The van der Waals surface area contributed by atoms with Gasteiger partial charge in [0.25, 0.3) is 0 Å². The topological polar surface area (TPSA) is 12.0 Å². The molecule has 2 unspecified atom stereocenters. The first kappa shape index (κ1) is 15.6. The van der Waals surface area contributed by atoms with Crippen LogP contribution in [0.5, 0.6) is 0 Å². The molecule has 0 spiro atoms. The highest BCUT2D eigenvalue weighted by Gasteiger charge is 2.32. The summed E-state index contributed by atoms with van der Waals surface area (Å²) in [5, 5.41) is 3.89. The monoisotopic (exact) mass is 273 g/mol. The summed E-state index contributed by atoms with van der Waals surface area (Å²) in [6.07, 6.45) is 9.58. The third-order valence-electron chi connectivity index (χ3n) is 4.48. The van der Waals surface area contributed by atoms with Gasteiger partial charge in [-0.05, 0) is 44.6 Å². The predicted octanol–water partition coefficient (Wildman–Crippen LogP) is 5.39. The lowest BCUT2D eigenvalue weighted by Gasteiger charge is -2.24. The molecule has 0 aromatic heterocycles. The molecule has 1 aliphatic carbocycles. The molecule has 1 aromatic carbocycles. The average molecular weight is 273 g/mol. The van der Waals surface area contributed by atoms with Crippen LogP contribution in [0.3, 0.4) is 0 Å². The van der Waals surface area contributed by atoms with Crippen LogP contribution in [-0.2, 0) is 0 Å². The van der Waals surface area contributed by atoms with Gasteiger partial charge in [-0.2, -0.15) is 0 Å². The standard InChI is InChI=1S/C19H31N/c1-4-5-6-7-8-16(3)20-19(18-13-14-18)17-11-9-15(2)10-12-17/h9-12,16,18-20H,4-8,13-14H2,1-3H3. The lowest BCUT2D eigenvalue weighted by atomic mass is 9.99. The van der Waals surface area contributed by atoms with Crippen molar-refractivity contribution in [2.45, 2.75) is 77.8 Å². The minimum atomic E-state index is 0.580. The summed E-state index contributed by atoms with van der Waals surface area (Å²) in [5.74, 6) is 0.871. The Morgan fingerprint density at radius 3 is 2.40 bits per heavy atom. The molecule has 1 heteroatoms. The molecule has 112 valence electrons. The van der Waals surface area contributed by atoms with E-state index in [2.05, 4.69) is 50.4 Å². The van der Waals surface area contributed by atoms with E-state index in [1.807, 2.05) is 0 Å². The van der Waals surface area contributed by atoms with Crippen molar-refractivity contribution < 1.29 is 0 Å². The van der Waals surface area contributed by atoms with Crippen LogP contribution >= 0.6 is 0 Å². The van der Waals surface area contributed by atoms with Gasteiger partial charge in [-0.3, -0.25) is 0 Å². The summed E-state index contributed by atoms with van der Waals surface area (Å²) in [6.45, 7) is 6.80. The molecule has 0 heterocycles. The smallest absolute Gasteiger partial charge is 0.0350 e. The Hall–Kier alpha value is -0.820. The van der Waals surface area contributed by atoms with E-state index in [-0.39, 0.29) is 0 Å². The van der Waals surface area contributed by atoms with Gasteiger partial charge in [-0.15, -0.1) is 0 Å². The summed E-state index contributed by atoms with van der Waals surface area (Å²) in [5.41, 5.74) is 2.84. The zero-order chi connectivity index (χ0) is 14.4. The molecule has 0 amide bonds. The molecular formula is C19H31N. The zero-order valence-corrected chi connectivity index (χ0v) is 13.5. The number of hydrogen-bond donors (Lipinski definition) is 1. The molecular weight excluding hydrogens is 242 g/mol. The number of hydrogen-bond acceptors (Lipinski definition) is 1. The maximum absolute atomic E-state index is 3.89. The van der Waals surface area contributed by atoms with E-state index in [1.54, 1.807) is 0 Å². The number of unbranched alkanes of at least 4 members (excludes halogenated alkanes) is 3. The second kappa shape index (κ2) is 7.83. The summed E-state index contributed by atoms with van der Waals surface area (Å²) < 4.78 is 0. The fourth-order valence-corrected chi connectivity index (χ4v) is 2.97. The van der Waals surface area contributed by atoms with Gasteiger partial charge in [-0.25, -0.2) is 0 Å². The predicted molar refractivity (Wildman–Crippen MR) is 88.0 cm³/mol. The maximum Gasteiger partial charge on any atom is 0.0350 e. The van der Waals surface area contributed by atoms with Gasteiger partial charge in [0, 0.05) is 12.1 Å². The van der Waals surface area contributed by atoms with Gasteiger partial charge in [-0.1, -0.05) is 62.4 Å². The van der Waals surface area contributed by atoms with Crippen molar-refractivity contribution in [1.29, 1.82) is 0 Å². The first-order valence-electron chi connectivity index (χ1n) is 8.53. The molecule has 0 bridgehead atoms. The van der Waals surface area contributed by atoms with Crippen LogP contribution in [0.1, 0.15) is 76.0 Å². The largest absolute Gasteiger partial charge is 0.307 e. The summed E-state index contributed by atoms with van der Waals surface area (Å²) in [4.78, 5) is 0. The summed E-state index contributed by atoms with van der Waals surface area (Å²) in [7, 11) is 0. The fraction of sp³-hybridized carbons (Fsp3) is 0.684. The van der Waals surface area contributed by atoms with Gasteiger partial charge in [0.1, 0.15) is 0 Å². The van der Waals surface area contributed by atoms with Crippen molar-refractivity contribution in [3.05, 3.63) is 35.4 Å². The normalized spacial score (nSPS) is 17.9. The Balaban J connectivity index is 1.84. The van der Waals surface area contributed by atoms with Crippen LogP contribution in [0.4, 0.5) is 0 Å². The number of aryl methyl sites for hydroxylation is 1. The van der Waals surface area contributed by atoms with Crippen molar-refractivity contribution in [1.82, 2.24) is 5.32 Å². The fourth-order valence-electron chi connectivity index (χ4n) is 2.97. The number of nitrogens with one attached hydrogen (secondary N) is 1. The zero-order valence-electron chi connectivity index (χ0n) is 13.5. The Labute approximate surface area is 125 Å². The third-order valence-corrected chi connectivity index (χ3v) is 4.48. The summed E-state index contributed by atoms with van der Waals surface area (Å²) in [6, 6.07) is 10.3. The van der Waals surface area contributed by atoms with Gasteiger partial charge in [0.05, 0.1) is 0 Å². The van der Waals surface area contributed by atoms with E-state index in [0.717, 1.165) is 5.92 Å². The quantitative estimate of drug-likeness (QED) is 0.594. The molecule has 0 aliphatic heterocycles. The SMILES string of the molecule is CCCCCCC(C)NC(c1ccc(C)cc1)C1CC1. The number of benzene rings is 1. The Bertz CT molecular complexity index is 377. The van der Waals surface area contributed by atoms with Crippen molar-refractivity contribution in [3.63, 3.8) is 0 Å². The molecule has 1 nitrogen and oxygen atoms in total. The molecule has 1 fully saturated rings. The molecule has 1 N–H and O–H groups in total. The second-order valence-corrected chi connectivity index (χ2v) is 6.64. The molecule has 1 aliphatic rings. The van der Waals surface area contributed by atoms with Crippen LogP contribution < -0.4 is 5.32 Å². The van der Waals surface area contributed by atoms with E-state index in [9.17, 15) is 0 Å². The van der Waals surface area contributed by atoms with E-state index < -0.39 is 0 Å². The molecule has 0 saturated heterocycles. The Morgan fingerprint density at radius 1 is 1.10 bits per heavy atom. The Morgan fingerprint density at radius 2 is 1.80 bits per heavy atom. The summed E-state index contributed by atoms with van der Waals surface area (Å²) >= 11 is 0. The van der Waals surface area contributed by atoms with Crippen LogP contribution in [0, 0.1) is 12.8 Å². The average Bonchev–Trinajstić information content (AvgIpc) is 3.27. The first-order chi connectivity index (χ1) is 9.70. The lowest BCUT2D eigenvalue weighted by molar-refractivity contribution is 0.393. The molecule has 2 rings (SSSR count).